The largest absolute Gasteiger partial charge is 0.378 e. The van der Waals surface area contributed by atoms with Crippen molar-refractivity contribution in [1.29, 1.82) is 0 Å². The summed E-state index contributed by atoms with van der Waals surface area (Å²) in [6.07, 6.45) is 1.85. The van der Waals surface area contributed by atoms with Crippen molar-refractivity contribution in [2.75, 3.05) is 5.32 Å². The van der Waals surface area contributed by atoms with Gasteiger partial charge in [0, 0.05) is 23.2 Å². The number of anilines is 1. The summed E-state index contributed by atoms with van der Waals surface area (Å²) in [4.78, 5) is 3.27. The van der Waals surface area contributed by atoms with Crippen molar-refractivity contribution in [3.63, 3.8) is 0 Å². The van der Waals surface area contributed by atoms with Gasteiger partial charge in [-0.25, -0.2) is 18.5 Å². The van der Waals surface area contributed by atoms with Crippen LogP contribution in [0.25, 0.3) is 10.9 Å². The maximum absolute atomic E-state index is 11.3. The minimum Gasteiger partial charge on any atom is -0.378 e. The molecule has 0 aliphatic rings. The molecule has 24 heavy (non-hydrogen) atoms. The number of aromatic nitrogens is 1. The molecule has 5 nitrogen and oxygen atoms in total. The average Bonchev–Trinajstić information content (AvgIpc) is 2.54. The van der Waals surface area contributed by atoms with E-state index < -0.39 is 10.0 Å². The highest BCUT2D eigenvalue weighted by Gasteiger charge is 2.12. The van der Waals surface area contributed by atoms with E-state index in [1.807, 2.05) is 37.4 Å². The number of rotatable bonds is 4. The highest BCUT2D eigenvalue weighted by molar-refractivity contribution is 7.89. The van der Waals surface area contributed by atoms with Crippen LogP contribution in [0.5, 0.6) is 0 Å². The SMILES string of the molecule is C[C@@H](Nc1cc[nH+]c2cc(Cl)ccc12)c1ccc(S(N)(=O)=O)cc1. The lowest BCUT2D eigenvalue weighted by molar-refractivity contribution is -0.344. The monoisotopic (exact) mass is 362 g/mol. The smallest absolute Gasteiger partial charge is 0.238 e. The van der Waals surface area contributed by atoms with Crippen LogP contribution in [0.15, 0.2) is 59.6 Å². The van der Waals surface area contributed by atoms with Crippen LogP contribution in [0, 0.1) is 0 Å². The van der Waals surface area contributed by atoms with Crippen molar-refractivity contribution in [1.82, 2.24) is 0 Å². The van der Waals surface area contributed by atoms with Crippen molar-refractivity contribution in [2.45, 2.75) is 17.9 Å². The molecule has 0 unspecified atom stereocenters. The number of fused-ring (bicyclic) bond motifs is 1. The van der Waals surface area contributed by atoms with Crippen LogP contribution >= 0.6 is 11.6 Å². The number of nitrogens with two attached hydrogens (primary N) is 1. The van der Waals surface area contributed by atoms with E-state index in [4.69, 9.17) is 16.7 Å². The molecule has 1 aromatic heterocycles. The van der Waals surface area contributed by atoms with Crippen molar-refractivity contribution in [2.24, 2.45) is 5.14 Å². The van der Waals surface area contributed by atoms with Crippen molar-refractivity contribution >= 4 is 38.2 Å². The van der Waals surface area contributed by atoms with E-state index in [1.165, 1.54) is 12.1 Å². The molecular formula is C17H17ClN3O2S+. The van der Waals surface area contributed by atoms with Gasteiger partial charge in [-0.15, -0.1) is 0 Å². The van der Waals surface area contributed by atoms with E-state index in [0.29, 0.717) is 5.02 Å². The molecule has 0 saturated heterocycles. The fraction of sp³-hybridized carbons (Fsp3) is 0.118. The van der Waals surface area contributed by atoms with Crippen LogP contribution in [0.4, 0.5) is 5.69 Å². The van der Waals surface area contributed by atoms with Gasteiger partial charge in [0.05, 0.1) is 16.0 Å². The highest BCUT2D eigenvalue weighted by atomic mass is 35.5. The third-order valence-corrected chi connectivity index (χ3v) is 5.01. The van der Waals surface area contributed by atoms with Crippen LogP contribution in [0.1, 0.15) is 18.5 Å². The fourth-order valence-electron chi connectivity index (χ4n) is 2.56. The lowest BCUT2D eigenvalue weighted by Gasteiger charge is -2.16. The molecule has 0 bridgehead atoms. The van der Waals surface area contributed by atoms with E-state index in [1.54, 1.807) is 12.1 Å². The van der Waals surface area contributed by atoms with Gasteiger partial charge in [-0.05, 0) is 36.8 Å². The van der Waals surface area contributed by atoms with E-state index in [0.717, 1.165) is 22.2 Å². The van der Waals surface area contributed by atoms with Crippen LogP contribution in [-0.2, 0) is 10.0 Å². The maximum Gasteiger partial charge on any atom is 0.238 e. The van der Waals surface area contributed by atoms with Crippen molar-refractivity contribution < 1.29 is 13.4 Å². The minimum atomic E-state index is -3.67. The average molecular weight is 363 g/mol. The predicted molar refractivity (Wildman–Crippen MR) is 95.4 cm³/mol. The fourth-order valence-corrected chi connectivity index (χ4v) is 3.25. The molecule has 7 heteroatoms. The second kappa shape index (κ2) is 6.39. The van der Waals surface area contributed by atoms with Gasteiger partial charge in [0.25, 0.3) is 0 Å². The number of benzene rings is 2. The molecule has 1 heterocycles. The predicted octanol–water partition coefficient (Wildman–Crippen LogP) is 3.13. The first-order valence-corrected chi connectivity index (χ1v) is 9.26. The van der Waals surface area contributed by atoms with Gasteiger partial charge in [-0.1, -0.05) is 23.7 Å². The topological polar surface area (TPSA) is 86.3 Å². The number of sulfonamides is 1. The summed E-state index contributed by atoms with van der Waals surface area (Å²) in [6, 6.07) is 14.1. The Morgan fingerprint density at radius 3 is 2.50 bits per heavy atom. The molecule has 3 rings (SSSR count). The third-order valence-electron chi connectivity index (χ3n) is 3.84. The number of primary sulfonamides is 1. The Bertz CT molecular complexity index is 988. The van der Waals surface area contributed by atoms with E-state index in [-0.39, 0.29) is 10.9 Å². The van der Waals surface area contributed by atoms with Crippen LogP contribution in [-0.4, -0.2) is 8.42 Å². The van der Waals surface area contributed by atoms with Gasteiger partial charge >= 0.3 is 0 Å². The maximum atomic E-state index is 11.3. The van der Waals surface area contributed by atoms with Gasteiger partial charge < -0.3 is 5.32 Å². The standard InChI is InChI=1S/C17H16ClN3O2S/c1-11(12-2-5-14(6-3-12)24(19,22)23)21-16-8-9-20-17-10-13(18)4-7-15(16)17/h2-11H,1H3,(H,20,21)(H2,19,22,23)/p+1/t11-/m1/s1. The zero-order valence-electron chi connectivity index (χ0n) is 13.0. The molecular weight excluding hydrogens is 346 g/mol. The molecule has 124 valence electrons. The number of nitrogens with one attached hydrogen (secondary N) is 2. The summed E-state index contributed by atoms with van der Waals surface area (Å²) in [5, 5.41) is 10.3. The van der Waals surface area contributed by atoms with Crippen LogP contribution < -0.4 is 15.4 Å². The van der Waals surface area contributed by atoms with E-state index in [9.17, 15) is 8.42 Å². The normalized spacial score (nSPS) is 13.0. The molecule has 0 fully saturated rings. The summed E-state index contributed by atoms with van der Waals surface area (Å²) in [5.41, 5.74) is 2.85. The quantitative estimate of drug-likeness (QED) is 0.747. The second-order valence-electron chi connectivity index (χ2n) is 5.56. The zero-order chi connectivity index (χ0) is 17.3. The summed E-state index contributed by atoms with van der Waals surface area (Å²) < 4.78 is 22.7. The van der Waals surface area contributed by atoms with E-state index in [2.05, 4.69) is 10.3 Å². The molecule has 0 aliphatic heterocycles. The number of pyridine rings is 1. The summed E-state index contributed by atoms with van der Waals surface area (Å²) in [5.74, 6) is 0. The third kappa shape index (κ3) is 3.51. The van der Waals surface area contributed by atoms with Gasteiger partial charge in [0.2, 0.25) is 15.5 Å². The number of aromatic amines is 1. The Morgan fingerprint density at radius 1 is 1.12 bits per heavy atom. The Hall–Kier alpha value is -2.15. The molecule has 3 aromatic rings. The Balaban J connectivity index is 1.88. The molecule has 0 aliphatic carbocycles. The van der Waals surface area contributed by atoms with Gasteiger partial charge in [0.1, 0.15) is 0 Å². The Kier molecular flexibility index (Phi) is 4.45. The van der Waals surface area contributed by atoms with Crippen molar-refractivity contribution in [3.8, 4) is 0 Å². The van der Waals surface area contributed by atoms with Crippen molar-refractivity contribution in [3.05, 3.63) is 65.3 Å². The molecule has 0 saturated carbocycles. The molecule has 0 spiro atoms. The first-order chi connectivity index (χ1) is 11.3. The molecule has 0 radical (unpaired) electrons. The van der Waals surface area contributed by atoms with E-state index >= 15 is 0 Å². The Labute approximate surface area is 145 Å². The molecule has 0 amide bonds. The summed E-state index contributed by atoms with van der Waals surface area (Å²) in [7, 11) is -3.67. The lowest BCUT2D eigenvalue weighted by Crippen LogP contribution is -2.13. The van der Waals surface area contributed by atoms with Gasteiger partial charge in [0.15, 0.2) is 6.20 Å². The number of hydrogen-bond acceptors (Lipinski definition) is 3. The van der Waals surface area contributed by atoms with Crippen LogP contribution in [0.2, 0.25) is 5.02 Å². The molecule has 2 aromatic carbocycles. The van der Waals surface area contributed by atoms with Crippen LogP contribution in [0.3, 0.4) is 0 Å². The first-order valence-electron chi connectivity index (χ1n) is 7.34. The number of hydrogen-bond donors (Lipinski definition) is 2. The first kappa shape index (κ1) is 16.7. The zero-order valence-corrected chi connectivity index (χ0v) is 14.5. The highest BCUT2D eigenvalue weighted by Crippen LogP contribution is 2.26. The minimum absolute atomic E-state index is 0.0131. The molecule has 1 atom stereocenters. The summed E-state index contributed by atoms with van der Waals surface area (Å²) >= 11 is 6.02. The lowest BCUT2D eigenvalue weighted by atomic mass is 10.1. The summed E-state index contributed by atoms with van der Waals surface area (Å²) in [6.45, 7) is 2.00. The van der Waals surface area contributed by atoms with Gasteiger partial charge in [-0.2, -0.15) is 0 Å². The van der Waals surface area contributed by atoms with Gasteiger partial charge in [-0.3, -0.25) is 0 Å². The number of halogens is 1. The molecule has 4 N–H and O–H groups in total. The second-order valence-corrected chi connectivity index (χ2v) is 7.56. The number of H-pyrrole nitrogens is 1. The Morgan fingerprint density at radius 2 is 1.83 bits per heavy atom.